The molecule has 11 heteroatoms. The zero-order valence-electron chi connectivity index (χ0n) is 16.7. The summed E-state index contributed by atoms with van der Waals surface area (Å²) in [7, 11) is -4.59. The van der Waals surface area contributed by atoms with Gasteiger partial charge in [-0.1, -0.05) is 48.5 Å². The van der Waals surface area contributed by atoms with E-state index in [1.807, 2.05) is 0 Å². The lowest BCUT2D eigenvalue weighted by molar-refractivity contribution is -0.387. The van der Waals surface area contributed by atoms with Crippen LogP contribution in [0.15, 0.2) is 89.3 Å². The summed E-state index contributed by atoms with van der Waals surface area (Å²) in [4.78, 5) is 35.0. The lowest BCUT2D eigenvalue weighted by Gasteiger charge is -2.14. The molecule has 10 nitrogen and oxygen atoms in total. The van der Waals surface area contributed by atoms with Gasteiger partial charge in [0.05, 0.1) is 10.6 Å². The molecule has 0 unspecified atom stereocenters. The second-order valence-corrected chi connectivity index (χ2v) is 8.29. The summed E-state index contributed by atoms with van der Waals surface area (Å²) in [6, 6.07) is 19.0. The third kappa shape index (κ3) is 4.29. The zero-order valence-corrected chi connectivity index (χ0v) is 17.6. The first-order valence-corrected chi connectivity index (χ1v) is 10.9. The van der Waals surface area contributed by atoms with Crippen molar-refractivity contribution in [1.29, 1.82) is 0 Å². The monoisotopic (exact) mass is 465 g/mol. The first-order chi connectivity index (χ1) is 15.8. The number of nitro benzene ring substituents is 1. The van der Waals surface area contributed by atoms with E-state index in [9.17, 15) is 28.1 Å². The number of benzene rings is 3. The van der Waals surface area contributed by atoms with Gasteiger partial charge < -0.3 is 4.18 Å². The minimum absolute atomic E-state index is 0.119. The maximum atomic E-state index is 12.8. The number of carbonyl (C=O) groups is 2. The van der Waals surface area contributed by atoms with Crippen molar-refractivity contribution in [2.24, 2.45) is 0 Å². The van der Waals surface area contributed by atoms with Gasteiger partial charge in [-0.2, -0.15) is 8.42 Å². The van der Waals surface area contributed by atoms with Gasteiger partial charge in [0.15, 0.2) is 4.90 Å². The van der Waals surface area contributed by atoms with Gasteiger partial charge in [-0.3, -0.25) is 25.1 Å². The fourth-order valence-electron chi connectivity index (χ4n) is 3.13. The Kier molecular flexibility index (Phi) is 5.63. The van der Waals surface area contributed by atoms with Crippen molar-refractivity contribution in [2.75, 3.05) is 5.01 Å². The second kappa shape index (κ2) is 8.55. The van der Waals surface area contributed by atoms with Crippen LogP contribution >= 0.6 is 0 Å². The van der Waals surface area contributed by atoms with E-state index in [-0.39, 0.29) is 16.9 Å². The highest BCUT2D eigenvalue weighted by Crippen LogP contribution is 2.30. The van der Waals surface area contributed by atoms with Gasteiger partial charge in [0, 0.05) is 11.6 Å². The van der Waals surface area contributed by atoms with E-state index in [0.29, 0.717) is 5.69 Å². The number of para-hydroxylation sites is 3. The third-order valence-corrected chi connectivity index (χ3v) is 5.94. The molecule has 0 saturated carbocycles. The minimum atomic E-state index is -4.59. The highest BCUT2D eigenvalue weighted by molar-refractivity contribution is 7.87. The molecule has 0 spiro atoms. The average Bonchev–Trinajstić information content (AvgIpc) is 3.09. The van der Waals surface area contributed by atoms with Crippen molar-refractivity contribution < 1.29 is 27.1 Å². The molecule has 33 heavy (non-hydrogen) atoms. The van der Waals surface area contributed by atoms with Crippen molar-refractivity contribution >= 4 is 39.4 Å². The molecule has 2 amide bonds. The smallest absolute Gasteiger partial charge is 0.346 e. The Labute approximate surface area is 188 Å². The van der Waals surface area contributed by atoms with Crippen LogP contribution in [-0.2, 0) is 19.7 Å². The Hall–Kier alpha value is -4.51. The molecule has 1 N–H and O–H groups in total. The number of nitro groups is 1. The molecule has 1 saturated heterocycles. The lowest BCUT2D eigenvalue weighted by Crippen LogP contribution is -2.35. The standard InChI is InChI=1S/C22H15N3O7S/c26-21-17(22(27)24(23-21)16-9-2-1-3-10-16)14-15-8-4-6-12-19(15)32-33(30,31)20-13-7-5-11-18(20)25(28)29/h1-14H,(H,23,26). The number of hydrazine groups is 1. The maximum Gasteiger partial charge on any atom is 0.346 e. The normalized spacial score (nSPS) is 14.9. The van der Waals surface area contributed by atoms with Crippen LogP contribution in [0.25, 0.3) is 6.08 Å². The zero-order chi connectivity index (χ0) is 23.6. The van der Waals surface area contributed by atoms with E-state index in [2.05, 4.69) is 5.43 Å². The molecule has 0 radical (unpaired) electrons. The predicted molar refractivity (Wildman–Crippen MR) is 117 cm³/mol. The number of carbonyl (C=O) groups excluding carboxylic acids is 2. The highest BCUT2D eigenvalue weighted by atomic mass is 32.2. The summed E-state index contributed by atoms with van der Waals surface area (Å²) in [5.41, 5.74) is 2.13. The molecule has 3 aromatic rings. The SMILES string of the molecule is O=C1NN(c2ccccc2)C(=O)C1=Cc1ccccc1OS(=O)(=O)c1ccccc1[N+](=O)[O-]. The van der Waals surface area contributed by atoms with Crippen molar-refractivity contribution in [3.63, 3.8) is 0 Å². The molecule has 0 aliphatic carbocycles. The van der Waals surface area contributed by atoms with Gasteiger partial charge in [0.25, 0.3) is 17.5 Å². The molecular weight excluding hydrogens is 450 g/mol. The van der Waals surface area contributed by atoms with Gasteiger partial charge in [0.1, 0.15) is 11.3 Å². The molecule has 1 aliphatic rings. The second-order valence-electron chi connectivity index (χ2n) is 6.78. The van der Waals surface area contributed by atoms with Crippen LogP contribution in [0.4, 0.5) is 11.4 Å². The summed E-state index contributed by atoms with van der Waals surface area (Å²) >= 11 is 0. The highest BCUT2D eigenvalue weighted by Gasteiger charge is 2.35. The first kappa shape index (κ1) is 21.7. The number of hydrogen-bond acceptors (Lipinski definition) is 7. The summed E-state index contributed by atoms with van der Waals surface area (Å²) in [6.45, 7) is 0. The van der Waals surface area contributed by atoms with E-state index >= 15 is 0 Å². The maximum absolute atomic E-state index is 12.8. The van der Waals surface area contributed by atoms with E-state index in [4.69, 9.17) is 4.18 Å². The number of hydrogen-bond donors (Lipinski definition) is 1. The van der Waals surface area contributed by atoms with Crippen LogP contribution in [0.2, 0.25) is 0 Å². The van der Waals surface area contributed by atoms with E-state index < -0.39 is 37.4 Å². The van der Waals surface area contributed by atoms with Gasteiger partial charge in [0.2, 0.25) is 0 Å². The van der Waals surface area contributed by atoms with E-state index in [1.54, 1.807) is 36.4 Å². The van der Waals surface area contributed by atoms with Crippen molar-refractivity contribution in [3.8, 4) is 5.75 Å². The Balaban J connectivity index is 1.69. The topological polar surface area (TPSA) is 136 Å². The first-order valence-electron chi connectivity index (χ1n) is 9.47. The van der Waals surface area contributed by atoms with E-state index in [1.165, 1.54) is 36.4 Å². The average molecular weight is 465 g/mol. The number of amides is 2. The Bertz CT molecular complexity index is 1400. The van der Waals surface area contributed by atoms with Crippen LogP contribution in [0.3, 0.4) is 0 Å². The van der Waals surface area contributed by atoms with Gasteiger partial charge in [-0.05, 0) is 30.3 Å². The summed E-state index contributed by atoms with van der Waals surface area (Å²) in [5, 5.41) is 12.3. The number of nitrogens with zero attached hydrogens (tertiary/aromatic N) is 2. The molecule has 3 aromatic carbocycles. The Morgan fingerprint density at radius 1 is 0.909 bits per heavy atom. The van der Waals surface area contributed by atoms with Gasteiger partial charge in [-0.15, -0.1) is 0 Å². The molecular formula is C22H15N3O7S. The van der Waals surface area contributed by atoms with E-state index in [0.717, 1.165) is 17.1 Å². The summed E-state index contributed by atoms with van der Waals surface area (Å²) < 4.78 is 30.7. The lowest BCUT2D eigenvalue weighted by atomic mass is 10.1. The van der Waals surface area contributed by atoms with Crippen LogP contribution in [-0.4, -0.2) is 25.2 Å². The summed E-state index contributed by atoms with van der Waals surface area (Å²) in [5.74, 6) is -1.52. The predicted octanol–water partition coefficient (Wildman–Crippen LogP) is 2.82. The summed E-state index contributed by atoms with van der Waals surface area (Å²) in [6.07, 6.45) is 1.20. The van der Waals surface area contributed by atoms with Crippen LogP contribution in [0.5, 0.6) is 5.75 Å². The van der Waals surface area contributed by atoms with Crippen LogP contribution < -0.4 is 14.6 Å². The molecule has 0 atom stereocenters. The quantitative estimate of drug-likeness (QED) is 0.194. The number of rotatable bonds is 6. The van der Waals surface area contributed by atoms with Crippen LogP contribution in [0, 0.1) is 10.1 Å². The van der Waals surface area contributed by atoms with Gasteiger partial charge in [-0.25, -0.2) is 5.01 Å². The Morgan fingerprint density at radius 2 is 1.55 bits per heavy atom. The number of nitrogens with one attached hydrogen (secondary N) is 1. The molecule has 0 bridgehead atoms. The van der Waals surface area contributed by atoms with Gasteiger partial charge >= 0.3 is 10.1 Å². The minimum Gasteiger partial charge on any atom is -0.378 e. The molecule has 1 aliphatic heterocycles. The fraction of sp³-hybridized carbons (Fsp3) is 0. The molecule has 0 aromatic heterocycles. The van der Waals surface area contributed by atoms with Crippen molar-refractivity contribution in [2.45, 2.75) is 4.90 Å². The van der Waals surface area contributed by atoms with Crippen molar-refractivity contribution in [1.82, 2.24) is 5.43 Å². The molecule has 4 rings (SSSR count). The van der Waals surface area contributed by atoms with Crippen molar-refractivity contribution in [3.05, 3.63) is 100 Å². The molecule has 166 valence electrons. The number of anilines is 1. The molecule has 1 fully saturated rings. The molecule has 1 heterocycles. The Morgan fingerprint density at radius 3 is 2.27 bits per heavy atom. The fourth-order valence-corrected chi connectivity index (χ4v) is 4.25. The van der Waals surface area contributed by atoms with Crippen LogP contribution in [0.1, 0.15) is 5.56 Å². The third-order valence-electron chi connectivity index (χ3n) is 4.66. The largest absolute Gasteiger partial charge is 0.378 e.